The monoisotopic (exact) mass is 1070 g/mol. The van der Waals surface area contributed by atoms with Crippen LogP contribution in [0.1, 0.15) is 247 Å². The summed E-state index contributed by atoms with van der Waals surface area (Å²) in [7, 11) is 0. The predicted molar refractivity (Wildman–Crippen MR) is 242 cm³/mol. The summed E-state index contributed by atoms with van der Waals surface area (Å²) in [5, 5.41) is 61.2. The molecule has 0 aliphatic carbocycles. The van der Waals surface area contributed by atoms with Crippen LogP contribution in [0, 0.1) is 0 Å². The summed E-state index contributed by atoms with van der Waals surface area (Å²) in [6.07, 6.45) is 32.7. The van der Waals surface area contributed by atoms with Gasteiger partial charge in [-0.3, -0.25) is 0 Å². The summed E-state index contributed by atoms with van der Waals surface area (Å²) in [4.78, 5) is 42.0. The molecule has 0 fully saturated rings. The van der Waals surface area contributed by atoms with Crippen molar-refractivity contribution in [3.8, 4) is 0 Å². The molecule has 0 rings (SSSR count). The van der Waals surface area contributed by atoms with E-state index in [4.69, 9.17) is 0 Å². The number of unbranched alkanes of at least 4 members (excludes halogenated alkanes) is 22. The molecule has 0 aromatic carbocycles. The molecule has 2 atom stereocenters. The number of hydrogen-bond donors (Lipinski definition) is 2. The summed E-state index contributed by atoms with van der Waals surface area (Å²) < 4.78 is 6.59. The Bertz CT molecular complexity index is 860. The molecule has 0 amide bonds. The van der Waals surface area contributed by atoms with E-state index in [1.807, 2.05) is 0 Å². The first-order chi connectivity index (χ1) is 28.7. The zero-order valence-corrected chi connectivity index (χ0v) is 45.3. The van der Waals surface area contributed by atoms with Gasteiger partial charge in [0.2, 0.25) is 0 Å². The van der Waals surface area contributed by atoms with E-state index in [-0.39, 0.29) is 55.1 Å². The fourth-order valence-electron chi connectivity index (χ4n) is 6.36. The third-order valence-electron chi connectivity index (χ3n) is 10.3. The molecular formula is C48H92O10Sn2. The molecule has 10 nitrogen and oxygen atoms in total. The van der Waals surface area contributed by atoms with Crippen molar-refractivity contribution < 1.29 is 49.8 Å². The van der Waals surface area contributed by atoms with Crippen LogP contribution < -0.4 is 20.4 Å². The van der Waals surface area contributed by atoms with Crippen LogP contribution >= 0.6 is 0 Å². The number of aliphatic carboxylic acids is 4. The van der Waals surface area contributed by atoms with Crippen LogP contribution in [0.3, 0.4) is 0 Å². The van der Waals surface area contributed by atoms with E-state index < -0.39 is 47.9 Å². The standard InChI is InChI=1S/2C12H22O5.4C6H13.2Sn/c2*1-2-3-4-5-6-7-8-12(17,11(15)16)9-10(13)14;4*1-3-5-6-4-2;;/h2*17H,2-9H2,1H3,(H,13,14)(H,15,16);4*1,3-6H2,2H3;;/q;;;;;;2*+2/p-4. The summed E-state index contributed by atoms with van der Waals surface area (Å²) in [6.45, 7) is 13.4. The van der Waals surface area contributed by atoms with Crippen LogP contribution in [-0.2, 0) is 19.2 Å². The first-order valence-electron chi connectivity index (χ1n) is 24.4. The Hall–Kier alpha value is -0.603. The average Bonchev–Trinajstić information content (AvgIpc) is 3.19. The number of carboxylic acids is 4. The van der Waals surface area contributed by atoms with Crippen molar-refractivity contribution in [2.45, 2.75) is 276 Å². The third kappa shape index (κ3) is 51.7. The fourth-order valence-corrected chi connectivity index (χ4v) is 13.5. The molecule has 0 saturated carbocycles. The Morgan fingerprint density at radius 3 is 0.750 bits per heavy atom. The first-order valence-corrected chi connectivity index (χ1v) is 32.4. The van der Waals surface area contributed by atoms with E-state index in [0.717, 1.165) is 64.2 Å². The second kappa shape index (κ2) is 51.0. The van der Waals surface area contributed by atoms with Crippen molar-refractivity contribution in [2.75, 3.05) is 0 Å². The SMILES string of the molecule is CCCCCCCCC(O)(CC(=O)[O-])C(=O)[O-].CCCCCCCCC(O)(CC(=O)[O-])C(=O)[O-].CCCCC[CH2][Sn+2][CH2]CCCCC.CCCCC[CH2][Sn+2][CH2]CCCCC. The van der Waals surface area contributed by atoms with Crippen molar-refractivity contribution in [1.29, 1.82) is 0 Å². The zero-order valence-electron chi connectivity index (χ0n) is 39.6. The topological polar surface area (TPSA) is 201 Å². The zero-order chi connectivity index (χ0) is 46.2. The van der Waals surface area contributed by atoms with Gasteiger partial charge in [0.05, 0.1) is 11.9 Å². The van der Waals surface area contributed by atoms with Crippen molar-refractivity contribution in [3.05, 3.63) is 0 Å². The van der Waals surface area contributed by atoms with Gasteiger partial charge < -0.3 is 49.8 Å². The Balaban J connectivity index is -0.000000351. The number of hydrogen-bond acceptors (Lipinski definition) is 10. The molecule has 60 heavy (non-hydrogen) atoms. The Morgan fingerprint density at radius 2 is 0.550 bits per heavy atom. The second-order valence-corrected chi connectivity index (χ2v) is 25.1. The first kappa shape index (κ1) is 66.0. The molecule has 0 aromatic heterocycles. The Morgan fingerprint density at radius 1 is 0.350 bits per heavy atom. The minimum atomic E-state index is -2.29. The van der Waals surface area contributed by atoms with E-state index >= 15 is 0 Å². The van der Waals surface area contributed by atoms with Gasteiger partial charge in [-0.25, -0.2) is 0 Å². The quantitative estimate of drug-likeness (QED) is 0.0446. The minimum absolute atomic E-state index is 0.102. The van der Waals surface area contributed by atoms with Crippen LogP contribution in [-0.4, -0.2) is 87.6 Å². The number of carbonyl (C=O) groups is 4. The predicted octanol–water partition coefficient (Wildman–Crippen LogP) is 8.09. The van der Waals surface area contributed by atoms with Gasteiger partial charge in [0, 0.05) is 24.8 Å². The summed E-state index contributed by atoms with van der Waals surface area (Å²) in [5.74, 6) is -6.64. The van der Waals surface area contributed by atoms with Crippen molar-refractivity contribution >= 4 is 66.2 Å². The van der Waals surface area contributed by atoms with Gasteiger partial charge in [0.25, 0.3) is 0 Å². The maximum atomic E-state index is 10.7. The van der Waals surface area contributed by atoms with Crippen LogP contribution in [0.25, 0.3) is 0 Å². The molecule has 0 heterocycles. The van der Waals surface area contributed by atoms with Crippen molar-refractivity contribution in [2.24, 2.45) is 0 Å². The van der Waals surface area contributed by atoms with E-state index in [9.17, 15) is 49.8 Å². The summed E-state index contributed by atoms with van der Waals surface area (Å²) >= 11 is 0.207. The van der Waals surface area contributed by atoms with E-state index in [1.54, 1.807) is 43.4 Å². The molecule has 0 aliphatic rings. The van der Waals surface area contributed by atoms with Gasteiger partial charge in [-0.05, 0) is 12.8 Å². The number of carboxylic acid groups (broad SMARTS) is 4. The molecular weight excluding hydrogens is 974 g/mol. The molecule has 0 radical (unpaired) electrons. The number of aliphatic hydroxyl groups is 2. The van der Waals surface area contributed by atoms with E-state index in [2.05, 4.69) is 41.5 Å². The molecule has 0 aromatic rings. The maximum absolute atomic E-state index is 10.7. The van der Waals surface area contributed by atoms with Gasteiger partial charge in [-0.2, -0.15) is 0 Å². The molecule has 0 spiro atoms. The molecule has 2 N–H and O–H groups in total. The molecule has 2 unspecified atom stereocenters. The van der Waals surface area contributed by atoms with Gasteiger partial charge in [0.15, 0.2) is 0 Å². The van der Waals surface area contributed by atoms with Gasteiger partial charge >= 0.3 is 190 Å². The fraction of sp³-hybridized carbons (Fsp3) is 0.917. The normalized spacial score (nSPS) is 12.4. The third-order valence-corrected chi connectivity index (χ3v) is 18.4. The van der Waals surface area contributed by atoms with Crippen LogP contribution in [0.5, 0.6) is 0 Å². The van der Waals surface area contributed by atoms with Crippen molar-refractivity contribution in [3.63, 3.8) is 0 Å². The van der Waals surface area contributed by atoms with Gasteiger partial charge in [-0.1, -0.05) is 90.9 Å². The van der Waals surface area contributed by atoms with Crippen LogP contribution in [0.2, 0.25) is 17.7 Å². The van der Waals surface area contributed by atoms with E-state index in [0.29, 0.717) is 12.8 Å². The van der Waals surface area contributed by atoms with Crippen LogP contribution in [0.4, 0.5) is 0 Å². The summed E-state index contributed by atoms with van der Waals surface area (Å²) in [6, 6.07) is 0. The number of carbonyl (C=O) groups excluding carboxylic acids is 4. The second-order valence-electron chi connectivity index (χ2n) is 16.5. The Labute approximate surface area is 389 Å². The molecule has 0 saturated heterocycles. The van der Waals surface area contributed by atoms with Crippen molar-refractivity contribution in [1.82, 2.24) is 0 Å². The summed E-state index contributed by atoms with van der Waals surface area (Å²) in [5.41, 5.74) is -4.58. The van der Waals surface area contributed by atoms with Crippen LogP contribution in [0.15, 0.2) is 0 Å². The average molecular weight is 1070 g/mol. The van der Waals surface area contributed by atoms with Gasteiger partial charge in [0.1, 0.15) is 11.2 Å². The Kier molecular flexibility index (Phi) is 56.1. The molecule has 12 heteroatoms. The molecule has 0 aliphatic heterocycles. The van der Waals surface area contributed by atoms with Gasteiger partial charge in [-0.15, -0.1) is 0 Å². The molecule has 0 bridgehead atoms. The van der Waals surface area contributed by atoms with E-state index in [1.165, 1.54) is 77.0 Å². The molecule has 352 valence electrons. The number of rotatable bonds is 40.